The van der Waals surface area contributed by atoms with E-state index in [2.05, 4.69) is 10.2 Å². The van der Waals surface area contributed by atoms with Gasteiger partial charge in [0.1, 0.15) is 11.3 Å². The van der Waals surface area contributed by atoms with Gasteiger partial charge in [-0.05, 0) is 25.5 Å². The Balaban J connectivity index is 1.46. The van der Waals surface area contributed by atoms with E-state index >= 15 is 0 Å². The summed E-state index contributed by atoms with van der Waals surface area (Å²) in [5.41, 5.74) is 0.224. The molecule has 2 N–H and O–H groups in total. The molecule has 0 saturated carbocycles. The van der Waals surface area contributed by atoms with Crippen LogP contribution in [0, 0.1) is 0 Å². The summed E-state index contributed by atoms with van der Waals surface area (Å²) < 4.78 is 11.0. The normalized spacial score (nSPS) is 26.6. The molecule has 6 heteroatoms. The molecule has 0 aromatic carbocycles. The molecule has 6 nitrogen and oxygen atoms in total. The third-order valence-electron chi connectivity index (χ3n) is 4.09. The fourth-order valence-electron chi connectivity index (χ4n) is 3.02. The van der Waals surface area contributed by atoms with Crippen LogP contribution in [-0.2, 0) is 11.3 Å². The molecule has 3 rings (SSSR count). The number of carboxylic acid groups (broad SMARTS) is 1. The summed E-state index contributed by atoms with van der Waals surface area (Å²) in [6, 6.07) is 2.08. The van der Waals surface area contributed by atoms with Crippen molar-refractivity contribution in [1.29, 1.82) is 0 Å². The van der Waals surface area contributed by atoms with Crippen molar-refractivity contribution in [3.8, 4) is 0 Å². The Kier molecular flexibility index (Phi) is 4.05. The summed E-state index contributed by atoms with van der Waals surface area (Å²) in [7, 11) is 0. The molecule has 0 spiro atoms. The Hall–Kier alpha value is -1.37. The third-order valence-corrected chi connectivity index (χ3v) is 4.09. The molecule has 0 amide bonds. The fraction of sp³-hybridized carbons (Fsp3) is 0.643. The molecular formula is C14H20N2O4. The molecule has 2 saturated heterocycles. The van der Waals surface area contributed by atoms with Gasteiger partial charge in [-0.15, -0.1) is 0 Å². The molecule has 2 atom stereocenters. The zero-order valence-corrected chi connectivity index (χ0v) is 11.4. The zero-order chi connectivity index (χ0) is 13.9. The van der Waals surface area contributed by atoms with E-state index in [1.165, 1.54) is 31.7 Å². The second-order valence-corrected chi connectivity index (χ2v) is 5.44. The van der Waals surface area contributed by atoms with E-state index in [0.717, 1.165) is 13.2 Å². The van der Waals surface area contributed by atoms with Crippen molar-refractivity contribution >= 4 is 5.97 Å². The van der Waals surface area contributed by atoms with Crippen molar-refractivity contribution in [1.82, 2.24) is 10.2 Å². The number of furan rings is 1. The zero-order valence-electron chi connectivity index (χ0n) is 11.4. The van der Waals surface area contributed by atoms with E-state index in [-0.39, 0.29) is 11.7 Å². The van der Waals surface area contributed by atoms with Crippen LogP contribution in [0.4, 0.5) is 0 Å². The standard InChI is InChI=1S/C14H20N2O4/c17-14(18)12-3-5-19-13(12)7-15-6-11-8-16-4-1-2-10(16)9-20-11/h3,5,10-11,15H,1-2,4,6-9H2,(H,17,18). The summed E-state index contributed by atoms with van der Waals surface area (Å²) in [4.78, 5) is 13.4. The van der Waals surface area contributed by atoms with E-state index in [1.54, 1.807) is 0 Å². The highest BCUT2D eigenvalue weighted by atomic mass is 16.5. The van der Waals surface area contributed by atoms with Crippen molar-refractivity contribution in [2.24, 2.45) is 0 Å². The van der Waals surface area contributed by atoms with Crippen LogP contribution in [0.5, 0.6) is 0 Å². The number of fused-ring (bicyclic) bond motifs is 1. The van der Waals surface area contributed by atoms with Gasteiger partial charge in [-0.25, -0.2) is 4.79 Å². The van der Waals surface area contributed by atoms with Crippen molar-refractivity contribution in [3.05, 3.63) is 23.7 Å². The predicted molar refractivity (Wildman–Crippen MR) is 71.7 cm³/mol. The molecule has 1 aromatic heterocycles. The molecule has 0 bridgehead atoms. The van der Waals surface area contributed by atoms with Crippen LogP contribution in [0.2, 0.25) is 0 Å². The van der Waals surface area contributed by atoms with Crippen LogP contribution in [0.3, 0.4) is 0 Å². The maximum absolute atomic E-state index is 11.0. The van der Waals surface area contributed by atoms with Crippen LogP contribution in [-0.4, -0.2) is 54.4 Å². The van der Waals surface area contributed by atoms with Gasteiger partial charge in [-0.3, -0.25) is 4.90 Å². The minimum Gasteiger partial charge on any atom is -0.478 e. The Bertz CT molecular complexity index is 473. The highest BCUT2D eigenvalue weighted by Gasteiger charge is 2.31. The fourth-order valence-corrected chi connectivity index (χ4v) is 3.02. The molecule has 20 heavy (non-hydrogen) atoms. The highest BCUT2D eigenvalue weighted by Crippen LogP contribution is 2.22. The maximum atomic E-state index is 11.0. The number of carbonyl (C=O) groups is 1. The average Bonchev–Trinajstić information content (AvgIpc) is 3.06. The van der Waals surface area contributed by atoms with Gasteiger partial charge < -0.3 is 19.6 Å². The minimum absolute atomic E-state index is 0.174. The molecule has 1 aromatic rings. The van der Waals surface area contributed by atoms with Crippen LogP contribution in [0.25, 0.3) is 0 Å². The first-order chi connectivity index (χ1) is 9.74. The van der Waals surface area contributed by atoms with Gasteiger partial charge in [0, 0.05) is 19.1 Å². The molecule has 3 heterocycles. The van der Waals surface area contributed by atoms with Gasteiger partial charge in [-0.1, -0.05) is 0 Å². The van der Waals surface area contributed by atoms with E-state index in [0.29, 0.717) is 24.9 Å². The SMILES string of the molecule is O=C(O)c1ccoc1CNCC1CN2CCCC2CO1. The maximum Gasteiger partial charge on any atom is 0.339 e. The number of morpholine rings is 1. The van der Waals surface area contributed by atoms with Crippen LogP contribution < -0.4 is 5.32 Å². The van der Waals surface area contributed by atoms with Crippen molar-refractivity contribution in [3.63, 3.8) is 0 Å². The van der Waals surface area contributed by atoms with E-state index < -0.39 is 5.97 Å². The first kappa shape index (κ1) is 13.6. The second-order valence-electron chi connectivity index (χ2n) is 5.44. The number of hydrogen-bond acceptors (Lipinski definition) is 5. The summed E-state index contributed by atoms with van der Waals surface area (Å²) in [6.45, 7) is 4.07. The first-order valence-corrected chi connectivity index (χ1v) is 7.10. The average molecular weight is 280 g/mol. The molecule has 0 aliphatic carbocycles. The Labute approximate surface area is 117 Å². The predicted octanol–water partition coefficient (Wildman–Crippen LogP) is 0.931. The number of hydrogen-bond donors (Lipinski definition) is 2. The number of aromatic carboxylic acids is 1. The molecule has 2 aliphatic heterocycles. The van der Waals surface area contributed by atoms with Gasteiger partial charge in [-0.2, -0.15) is 0 Å². The van der Waals surface area contributed by atoms with Gasteiger partial charge >= 0.3 is 5.97 Å². The number of ether oxygens (including phenoxy) is 1. The van der Waals surface area contributed by atoms with E-state index in [4.69, 9.17) is 14.3 Å². The Morgan fingerprint density at radius 3 is 3.30 bits per heavy atom. The van der Waals surface area contributed by atoms with Gasteiger partial charge in [0.25, 0.3) is 0 Å². The van der Waals surface area contributed by atoms with Crippen molar-refractivity contribution in [2.75, 3.05) is 26.2 Å². The summed E-state index contributed by atoms with van der Waals surface area (Å²) in [6.07, 6.45) is 4.09. The van der Waals surface area contributed by atoms with Gasteiger partial charge in [0.05, 0.1) is 25.5 Å². The lowest BCUT2D eigenvalue weighted by Crippen LogP contribution is -2.49. The largest absolute Gasteiger partial charge is 0.478 e. The summed E-state index contributed by atoms with van der Waals surface area (Å²) >= 11 is 0. The van der Waals surface area contributed by atoms with Gasteiger partial charge in [0.15, 0.2) is 0 Å². The van der Waals surface area contributed by atoms with Crippen molar-refractivity contribution < 1.29 is 19.1 Å². The molecule has 2 aliphatic rings. The van der Waals surface area contributed by atoms with Crippen LogP contribution >= 0.6 is 0 Å². The quantitative estimate of drug-likeness (QED) is 0.836. The first-order valence-electron chi connectivity index (χ1n) is 7.10. The lowest BCUT2D eigenvalue weighted by atomic mass is 10.2. The van der Waals surface area contributed by atoms with Crippen LogP contribution in [0.15, 0.2) is 16.7 Å². The summed E-state index contributed by atoms with van der Waals surface area (Å²) in [5.74, 6) is -0.489. The monoisotopic (exact) mass is 280 g/mol. The molecule has 110 valence electrons. The Morgan fingerprint density at radius 1 is 1.55 bits per heavy atom. The lowest BCUT2D eigenvalue weighted by Gasteiger charge is -2.35. The number of nitrogens with zero attached hydrogens (tertiary/aromatic N) is 1. The third kappa shape index (κ3) is 2.87. The number of carboxylic acids is 1. The molecule has 2 unspecified atom stereocenters. The minimum atomic E-state index is -0.954. The van der Waals surface area contributed by atoms with E-state index in [1.807, 2.05) is 0 Å². The molecule has 0 radical (unpaired) electrons. The van der Waals surface area contributed by atoms with E-state index in [9.17, 15) is 4.79 Å². The summed E-state index contributed by atoms with van der Waals surface area (Å²) in [5, 5.41) is 12.2. The van der Waals surface area contributed by atoms with Crippen molar-refractivity contribution in [2.45, 2.75) is 31.5 Å². The smallest absolute Gasteiger partial charge is 0.339 e. The lowest BCUT2D eigenvalue weighted by molar-refractivity contribution is -0.0471. The van der Waals surface area contributed by atoms with Gasteiger partial charge in [0.2, 0.25) is 0 Å². The van der Waals surface area contributed by atoms with Crippen LogP contribution in [0.1, 0.15) is 29.0 Å². The highest BCUT2D eigenvalue weighted by molar-refractivity contribution is 5.88. The molecule has 2 fully saturated rings. The second kappa shape index (κ2) is 5.95. The molecular weight excluding hydrogens is 260 g/mol. The Morgan fingerprint density at radius 2 is 2.45 bits per heavy atom. The topological polar surface area (TPSA) is 74.9 Å². The number of rotatable bonds is 5. The number of nitrogens with one attached hydrogen (secondary N) is 1.